The summed E-state index contributed by atoms with van der Waals surface area (Å²) in [5.74, 6) is -1.68. The second kappa shape index (κ2) is 14.2. The van der Waals surface area contributed by atoms with Gasteiger partial charge in [-0.05, 0) is 50.1 Å². The van der Waals surface area contributed by atoms with Crippen LogP contribution in [0, 0.1) is 0 Å². The highest BCUT2D eigenvalue weighted by Gasteiger charge is 2.12. The topological polar surface area (TPSA) is 118 Å². The third-order valence-corrected chi connectivity index (χ3v) is 4.92. The van der Waals surface area contributed by atoms with Gasteiger partial charge in [0.1, 0.15) is 5.75 Å². The van der Waals surface area contributed by atoms with Crippen LogP contribution in [0.2, 0.25) is 10.0 Å². The molecule has 3 amide bonds. The number of nitrogens with zero attached hydrogens (tertiary/aromatic N) is 1. The lowest BCUT2D eigenvalue weighted by Gasteiger charge is -2.09. The Morgan fingerprint density at radius 2 is 1.85 bits per heavy atom. The summed E-state index contributed by atoms with van der Waals surface area (Å²) >= 11 is 12.0. The average Bonchev–Trinajstić information content (AvgIpc) is 2.80. The van der Waals surface area contributed by atoms with Crippen LogP contribution in [0.4, 0.5) is 5.69 Å². The lowest BCUT2D eigenvalue weighted by Crippen LogP contribution is -2.38. The number of ether oxygens (including phenoxy) is 2. The molecular formula is C23H26Cl2N4O5. The molecule has 34 heavy (non-hydrogen) atoms. The molecule has 2 aromatic carbocycles. The number of rotatable bonds is 11. The van der Waals surface area contributed by atoms with Crippen molar-refractivity contribution in [1.82, 2.24) is 10.7 Å². The number of nitrogens with one attached hydrogen (secondary N) is 3. The average molecular weight is 509 g/mol. The predicted molar refractivity (Wildman–Crippen MR) is 131 cm³/mol. The minimum absolute atomic E-state index is 0.113. The van der Waals surface area contributed by atoms with E-state index in [4.69, 9.17) is 32.7 Å². The summed E-state index contributed by atoms with van der Waals surface area (Å²) in [6, 6.07) is 11.6. The zero-order chi connectivity index (χ0) is 24.9. The molecule has 2 rings (SSSR count). The standard InChI is InChI=1S/C23H26Cl2N4O5/c1-15(2)33-11-5-10-26-22(31)23(32)29-27-13-16-6-3-7-17(12-16)34-14-20(30)28-19-9-4-8-18(24)21(19)25/h3-4,6-9,12-13,15H,5,10-11,14H2,1-2H3,(H,26,31)(H,28,30)(H,29,32)/b27-13-. The zero-order valence-corrected chi connectivity index (χ0v) is 20.3. The second-order valence-electron chi connectivity index (χ2n) is 7.24. The summed E-state index contributed by atoms with van der Waals surface area (Å²) in [5, 5.41) is 9.44. The molecule has 9 nitrogen and oxygen atoms in total. The maximum atomic E-state index is 12.1. The van der Waals surface area contributed by atoms with Crippen molar-refractivity contribution in [3.05, 3.63) is 58.1 Å². The van der Waals surface area contributed by atoms with Crippen LogP contribution in [0.5, 0.6) is 5.75 Å². The Balaban J connectivity index is 1.77. The van der Waals surface area contributed by atoms with Gasteiger partial charge in [0.25, 0.3) is 5.91 Å². The molecule has 0 aliphatic rings. The first-order valence-corrected chi connectivity index (χ1v) is 11.2. The van der Waals surface area contributed by atoms with E-state index in [9.17, 15) is 14.4 Å². The van der Waals surface area contributed by atoms with Gasteiger partial charge in [0.15, 0.2) is 6.61 Å². The van der Waals surface area contributed by atoms with Crippen molar-refractivity contribution in [1.29, 1.82) is 0 Å². The number of amides is 3. The third-order valence-electron chi connectivity index (χ3n) is 4.10. The Hall–Kier alpha value is -3.14. The maximum Gasteiger partial charge on any atom is 0.329 e. The fourth-order valence-corrected chi connectivity index (χ4v) is 2.86. The third kappa shape index (κ3) is 9.78. The predicted octanol–water partition coefficient (Wildman–Crippen LogP) is 3.39. The monoisotopic (exact) mass is 508 g/mol. The molecule has 0 atom stereocenters. The highest BCUT2D eigenvalue weighted by molar-refractivity contribution is 6.44. The summed E-state index contributed by atoms with van der Waals surface area (Å²) < 4.78 is 10.8. The van der Waals surface area contributed by atoms with Crippen LogP contribution in [-0.4, -0.2) is 49.8 Å². The van der Waals surface area contributed by atoms with Gasteiger partial charge in [0, 0.05) is 13.2 Å². The molecule has 0 unspecified atom stereocenters. The smallest absolute Gasteiger partial charge is 0.329 e. The van der Waals surface area contributed by atoms with Crippen molar-refractivity contribution in [2.24, 2.45) is 5.10 Å². The molecule has 0 saturated carbocycles. The van der Waals surface area contributed by atoms with Gasteiger partial charge in [0.05, 0.1) is 28.1 Å². The number of hydrazone groups is 1. The number of hydrogen-bond acceptors (Lipinski definition) is 6. The Kier molecular flexibility index (Phi) is 11.3. The molecule has 0 aliphatic carbocycles. The van der Waals surface area contributed by atoms with Crippen molar-refractivity contribution in [2.75, 3.05) is 25.1 Å². The highest BCUT2D eigenvalue weighted by Crippen LogP contribution is 2.29. The van der Waals surface area contributed by atoms with Crippen LogP contribution in [0.25, 0.3) is 0 Å². The zero-order valence-electron chi connectivity index (χ0n) is 18.8. The maximum absolute atomic E-state index is 12.1. The lowest BCUT2D eigenvalue weighted by atomic mass is 10.2. The molecular weight excluding hydrogens is 483 g/mol. The van der Waals surface area contributed by atoms with E-state index in [1.54, 1.807) is 42.5 Å². The first-order valence-electron chi connectivity index (χ1n) is 10.5. The van der Waals surface area contributed by atoms with Gasteiger partial charge in [-0.1, -0.05) is 41.4 Å². The molecule has 0 fully saturated rings. The van der Waals surface area contributed by atoms with Crippen LogP contribution < -0.4 is 20.8 Å². The fraction of sp³-hybridized carbons (Fsp3) is 0.304. The van der Waals surface area contributed by atoms with Crippen molar-refractivity contribution >= 4 is 52.8 Å². The van der Waals surface area contributed by atoms with Gasteiger partial charge < -0.3 is 20.1 Å². The molecule has 0 aliphatic heterocycles. The first-order chi connectivity index (χ1) is 16.3. The minimum Gasteiger partial charge on any atom is -0.484 e. The number of halogens is 2. The molecule has 0 bridgehead atoms. The largest absolute Gasteiger partial charge is 0.484 e. The van der Waals surface area contributed by atoms with Gasteiger partial charge in [-0.3, -0.25) is 14.4 Å². The molecule has 0 aromatic heterocycles. The fourth-order valence-electron chi connectivity index (χ4n) is 2.51. The van der Waals surface area contributed by atoms with Crippen molar-refractivity contribution in [3.63, 3.8) is 0 Å². The quantitative estimate of drug-likeness (QED) is 0.186. The number of benzene rings is 2. The Morgan fingerprint density at radius 3 is 2.62 bits per heavy atom. The normalized spacial score (nSPS) is 10.9. The van der Waals surface area contributed by atoms with E-state index in [1.807, 2.05) is 13.8 Å². The summed E-state index contributed by atoms with van der Waals surface area (Å²) in [5.41, 5.74) is 3.12. The van der Waals surface area contributed by atoms with Gasteiger partial charge in [0.2, 0.25) is 0 Å². The van der Waals surface area contributed by atoms with Crippen molar-refractivity contribution in [2.45, 2.75) is 26.4 Å². The van der Waals surface area contributed by atoms with E-state index >= 15 is 0 Å². The van der Waals surface area contributed by atoms with Gasteiger partial charge in [-0.2, -0.15) is 5.10 Å². The molecule has 0 saturated heterocycles. The SMILES string of the molecule is CC(C)OCCCNC(=O)C(=O)N/N=C\c1cccc(OCC(=O)Nc2cccc(Cl)c2Cl)c1. The second-order valence-corrected chi connectivity index (χ2v) is 8.02. The molecule has 11 heteroatoms. The summed E-state index contributed by atoms with van der Waals surface area (Å²) in [6.45, 7) is 4.39. The Bertz CT molecular complexity index is 1030. The van der Waals surface area contributed by atoms with Crippen molar-refractivity contribution in [3.8, 4) is 5.75 Å². The molecule has 0 heterocycles. The Labute approximate surface area is 207 Å². The molecule has 2 aromatic rings. The lowest BCUT2D eigenvalue weighted by molar-refractivity contribution is -0.139. The van der Waals surface area contributed by atoms with E-state index in [0.717, 1.165) is 0 Å². The number of carbonyl (C=O) groups excluding carboxylic acids is 3. The van der Waals surface area contributed by atoms with E-state index in [0.29, 0.717) is 41.6 Å². The van der Waals surface area contributed by atoms with Gasteiger partial charge >= 0.3 is 11.8 Å². The van der Waals surface area contributed by atoms with Crippen LogP contribution in [0.15, 0.2) is 47.6 Å². The summed E-state index contributed by atoms with van der Waals surface area (Å²) in [6.07, 6.45) is 2.06. The van der Waals surface area contributed by atoms with Gasteiger partial charge in [-0.15, -0.1) is 0 Å². The number of hydrogen-bond donors (Lipinski definition) is 3. The number of anilines is 1. The summed E-state index contributed by atoms with van der Waals surface area (Å²) in [7, 11) is 0. The summed E-state index contributed by atoms with van der Waals surface area (Å²) in [4.78, 5) is 35.7. The molecule has 182 valence electrons. The van der Waals surface area contributed by atoms with Crippen LogP contribution in [0.1, 0.15) is 25.8 Å². The van der Waals surface area contributed by atoms with E-state index in [2.05, 4.69) is 21.2 Å². The minimum atomic E-state index is -0.884. The number of carbonyl (C=O) groups is 3. The molecule has 0 radical (unpaired) electrons. The van der Waals surface area contributed by atoms with E-state index < -0.39 is 17.7 Å². The first kappa shape index (κ1) is 27.1. The van der Waals surface area contributed by atoms with Crippen molar-refractivity contribution < 1.29 is 23.9 Å². The molecule has 0 spiro atoms. The van der Waals surface area contributed by atoms with Crippen LogP contribution in [0.3, 0.4) is 0 Å². The van der Waals surface area contributed by atoms with Gasteiger partial charge in [-0.25, -0.2) is 5.43 Å². The van der Waals surface area contributed by atoms with Crippen LogP contribution in [-0.2, 0) is 19.1 Å². The Morgan fingerprint density at radius 1 is 1.09 bits per heavy atom. The van der Waals surface area contributed by atoms with E-state index in [-0.39, 0.29) is 17.7 Å². The molecule has 3 N–H and O–H groups in total. The van der Waals surface area contributed by atoms with E-state index in [1.165, 1.54) is 6.21 Å². The highest BCUT2D eigenvalue weighted by atomic mass is 35.5. The van der Waals surface area contributed by atoms with Crippen LogP contribution >= 0.6 is 23.2 Å².